The first-order chi connectivity index (χ1) is 10.2. The molecule has 0 aliphatic rings. The predicted octanol–water partition coefficient (Wildman–Crippen LogP) is 3.89. The Hall–Kier alpha value is -2.66. The molecule has 0 aliphatic heterocycles. The molecule has 0 unspecified atom stereocenters. The number of rotatable bonds is 2. The summed E-state index contributed by atoms with van der Waals surface area (Å²) in [6.07, 6.45) is -0.673. The lowest BCUT2D eigenvalue weighted by Gasteiger charge is -2.07. The number of carbonyl (C=O) groups is 1. The number of anilines is 1. The Kier molecular flexibility index (Phi) is 3.66. The van der Waals surface area contributed by atoms with Crippen LogP contribution in [-0.2, 0) is 0 Å². The molecule has 3 aromatic rings. The summed E-state index contributed by atoms with van der Waals surface area (Å²) in [5.74, 6) is 0.594. The Morgan fingerprint density at radius 2 is 1.57 bits per heavy atom. The Morgan fingerprint density at radius 1 is 0.952 bits per heavy atom. The standard InChI is InChI=1S/C15H10ClN3O2/c16-13-14(18-12-9-5-4-8-11(12)17-13)19-15(20)21-10-6-2-1-3-7-10/h1-9H,(H,18,19,20). The van der Waals surface area contributed by atoms with Crippen LogP contribution in [0.15, 0.2) is 54.6 Å². The Balaban J connectivity index is 1.81. The van der Waals surface area contributed by atoms with Gasteiger partial charge in [-0.15, -0.1) is 0 Å². The molecule has 0 aliphatic carbocycles. The summed E-state index contributed by atoms with van der Waals surface area (Å²) in [5.41, 5.74) is 1.29. The van der Waals surface area contributed by atoms with Crippen LogP contribution in [0, 0.1) is 0 Å². The first-order valence-electron chi connectivity index (χ1n) is 6.18. The third-order valence-corrected chi connectivity index (χ3v) is 2.97. The van der Waals surface area contributed by atoms with Crippen molar-refractivity contribution in [3.63, 3.8) is 0 Å². The fourth-order valence-corrected chi connectivity index (χ4v) is 1.96. The van der Waals surface area contributed by atoms with E-state index in [9.17, 15) is 4.79 Å². The number of aromatic nitrogens is 2. The quantitative estimate of drug-likeness (QED) is 0.779. The maximum atomic E-state index is 11.8. The van der Waals surface area contributed by atoms with Crippen molar-refractivity contribution in [3.05, 3.63) is 59.8 Å². The van der Waals surface area contributed by atoms with E-state index in [-0.39, 0.29) is 11.0 Å². The number of hydrogen-bond donors (Lipinski definition) is 1. The highest BCUT2D eigenvalue weighted by atomic mass is 35.5. The van der Waals surface area contributed by atoms with Crippen molar-refractivity contribution in [1.82, 2.24) is 9.97 Å². The second-order valence-corrected chi connectivity index (χ2v) is 4.54. The highest BCUT2D eigenvalue weighted by Gasteiger charge is 2.11. The molecule has 1 aromatic heterocycles. The highest BCUT2D eigenvalue weighted by molar-refractivity contribution is 6.32. The van der Waals surface area contributed by atoms with Crippen molar-refractivity contribution in [1.29, 1.82) is 0 Å². The third-order valence-electron chi connectivity index (χ3n) is 2.70. The number of hydrogen-bond acceptors (Lipinski definition) is 4. The molecule has 5 nitrogen and oxygen atoms in total. The number of nitrogens with zero attached hydrogens (tertiary/aromatic N) is 2. The zero-order valence-electron chi connectivity index (χ0n) is 10.8. The van der Waals surface area contributed by atoms with E-state index >= 15 is 0 Å². The molecule has 0 fully saturated rings. The monoisotopic (exact) mass is 299 g/mol. The van der Waals surface area contributed by atoms with Gasteiger partial charge in [0.25, 0.3) is 0 Å². The molecule has 2 aromatic carbocycles. The van der Waals surface area contributed by atoms with Crippen LogP contribution in [0.3, 0.4) is 0 Å². The van der Waals surface area contributed by atoms with Gasteiger partial charge in [-0.3, -0.25) is 5.32 Å². The molecule has 6 heteroatoms. The molecule has 0 saturated carbocycles. The van der Waals surface area contributed by atoms with Gasteiger partial charge in [0.05, 0.1) is 11.0 Å². The molecule has 3 rings (SSSR count). The van der Waals surface area contributed by atoms with Crippen molar-refractivity contribution >= 4 is 34.5 Å². The molecular weight excluding hydrogens is 290 g/mol. The first-order valence-corrected chi connectivity index (χ1v) is 6.56. The number of fused-ring (bicyclic) bond motifs is 1. The number of halogens is 1. The molecule has 1 N–H and O–H groups in total. The first kappa shape index (κ1) is 13.3. The van der Waals surface area contributed by atoms with Gasteiger partial charge in [0, 0.05) is 0 Å². The van der Waals surface area contributed by atoms with E-state index in [1.807, 2.05) is 18.2 Å². The van der Waals surface area contributed by atoms with E-state index in [0.717, 1.165) is 0 Å². The Labute approximate surface area is 125 Å². The number of nitrogens with one attached hydrogen (secondary N) is 1. The van der Waals surface area contributed by atoms with E-state index in [1.54, 1.807) is 36.4 Å². The lowest BCUT2D eigenvalue weighted by molar-refractivity contribution is 0.215. The molecule has 21 heavy (non-hydrogen) atoms. The minimum atomic E-state index is -0.673. The predicted molar refractivity (Wildman–Crippen MR) is 80.6 cm³/mol. The van der Waals surface area contributed by atoms with E-state index in [4.69, 9.17) is 16.3 Å². The highest BCUT2D eigenvalue weighted by Crippen LogP contribution is 2.21. The summed E-state index contributed by atoms with van der Waals surface area (Å²) >= 11 is 6.01. The van der Waals surface area contributed by atoms with E-state index in [0.29, 0.717) is 16.8 Å². The summed E-state index contributed by atoms with van der Waals surface area (Å²) in [7, 11) is 0. The lowest BCUT2D eigenvalue weighted by Crippen LogP contribution is -2.18. The topological polar surface area (TPSA) is 64.1 Å². The average molecular weight is 300 g/mol. The molecule has 1 amide bonds. The second kappa shape index (κ2) is 5.76. The number of benzene rings is 2. The van der Waals surface area contributed by atoms with Crippen LogP contribution in [0.2, 0.25) is 5.15 Å². The molecule has 0 saturated heterocycles. The van der Waals surface area contributed by atoms with Crippen molar-refractivity contribution in [2.24, 2.45) is 0 Å². The zero-order chi connectivity index (χ0) is 14.7. The maximum absolute atomic E-state index is 11.8. The maximum Gasteiger partial charge on any atom is 0.418 e. The van der Waals surface area contributed by atoms with Gasteiger partial charge in [0.2, 0.25) is 0 Å². The minimum absolute atomic E-state index is 0.110. The van der Waals surface area contributed by atoms with Crippen LogP contribution >= 0.6 is 11.6 Å². The molecule has 0 spiro atoms. The molecule has 104 valence electrons. The van der Waals surface area contributed by atoms with Crippen LogP contribution < -0.4 is 10.1 Å². The van der Waals surface area contributed by atoms with Gasteiger partial charge in [-0.05, 0) is 24.3 Å². The van der Waals surface area contributed by atoms with Crippen LogP contribution in [0.25, 0.3) is 11.0 Å². The van der Waals surface area contributed by atoms with Crippen molar-refractivity contribution < 1.29 is 9.53 Å². The second-order valence-electron chi connectivity index (χ2n) is 4.18. The summed E-state index contributed by atoms with van der Waals surface area (Å²) in [4.78, 5) is 20.2. The summed E-state index contributed by atoms with van der Waals surface area (Å²) in [6, 6.07) is 16.0. The van der Waals surface area contributed by atoms with Gasteiger partial charge < -0.3 is 4.74 Å². The van der Waals surface area contributed by atoms with Crippen molar-refractivity contribution in [2.45, 2.75) is 0 Å². The van der Waals surface area contributed by atoms with Crippen LogP contribution in [-0.4, -0.2) is 16.1 Å². The molecule has 0 radical (unpaired) electrons. The third kappa shape index (κ3) is 3.09. The Bertz CT molecular complexity index is 793. The number of para-hydroxylation sites is 3. The van der Waals surface area contributed by atoms with Crippen molar-refractivity contribution in [3.8, 4) is 5.75 Å². The van der Waals surface area contributed by atoms with E-state index in [2.05, 4.69) is 15.3 Å². The largest absolute Gasteiger partial charge is 0.418 e. The molecule has 0 bridgehead atoms. The summed E-state index contributed by atoms with van der Waals surface area (Å²) in [5, 5.41) is 2.59. The fraction of sp³-hybridized carbons (Fsp3) is 0. The normalized spacial score (nSPS) is 10.3. The van der Waals surface area contributed by atoms with Crippen molar-refractivity contribution in [2.75, 3.05) is 5.32 Å². The van der Waals surface area contributed by atoms with Gasteiger partial charge in [-0.2, -0.15) is 0 Å². The minimum Gasteiger partial charge on any atom is -0.410 e. The lowest BCUT2D eigenvalue weighted by atomic mass is 10.3. The number of ether oxygens (including phenoxy) is 1. The van der Waals surface area contributed by atoms with Crippen LogP contribution in [0.1, 0.15) is 0 Å². The van der Waals surface area contributed by atoms with Gasteiger partial charge in [-0.25, -0.2) is 14.8 Å². The summed E-state index contributed by atoms with van der Waals surface area (Å²) in [6.45, 7) is 0. The zero-order valence-corrected chi connectivity index (χ0v) is 11.5. The summed E-state index contributed by atoms with van der Waals surface area (Å²) < 4.78 is 5.11. The fourth-order valence-electron chi connectivity index (χ4n) is 1.78. The molecular formula is C15H10ClN3O2. The number of carbonyl (C=O) groups excluding carboxylic acids is 1. The van der Waals surface area contributed by atoms with E-state index in [1.165, 1.54) is 0 Å². The smallest absolute Gasteiger partial charge is 0.410 e. The van der Waals surface area contributed by atoms with Gasteiger partial charge in [0.15, 0.2) is 11.0 Å². The number of amides is 1. The molecule has 1 heterocycles. The van der Waals surface area contributed by atoms with Gasteiger partial charge in [0.1, 0.15) is 5.75 Å². The van der Waals surface area contributed by atoms with Gasteiger partial charge >= 0.3 is 6.09 Å². The average Bonchev–Trinajstić information content (AvgIpc) is 2.49. The Morgan fingerprint density at radius 3 is 2.29 bits per heavy atom. The van der Waals surface area contributed by atoms with Gasteiger partial charge in [-0.1, -0.05) is 41.9 Å². The molecule has 0 atom stereocenters. The van der Waals surface area contributed by atoms with Crippen LogP contribution in [0.5, 0.6) is 5.75 Å². The van der Waals surface area contributed by atoms with E-state index < -0.39 is 6.09 Å². The SMILES string of the molecule is O=C(Nc1nc2ccccc2nc1Cl)Oc1ccccc1. The van der Waals surface area contributed by atoms with Crippen LogP contribution in [0.4, 0.5) is 10.6 Å².